The molecule has 0 amide bonds. The Morgan fingerprint density at radius 1 is 1.20 bits per heavy atom. The SMILES string of the molecule is CCNC(=NCc1cccc(-n2cccn2)c1)NCc1ncnn1C. The van der Waals surface area contributed by atoms with E-state index in [2.05, 4.69) is 42.9 Å². The van der Waals surface area contributed by atoms with Gasteiger partial charge in [0, 0.05) is 26.0 Å². The Balaban J connectivity index is 1.67. The molecule has 0 aliphatic heterocycles. The lowest BCUT2D eigenvalue weighted by molar-refractivity contribution is 0.673. The summed E-state index contributed by atoms with van der Waals surface area (Å²) in [4.78, 5) is 8.85. The number of guanidine groups is 1. The van der Waals surface area contributed by atoms with E-state index in [4.69, 9.17) is 0 Å². The molecule has 1 aromatic carbocycles. The van der Waals surface area contributed by atoms with E-state index in [1.165, 1.54) is 0 Å². The van der Waals surface area contributed by atoms with E-state index in [1.807, 2.05) is 43.0 Å². The number of rotatable bonds is 6. The normalized spacial score (nSPS) is 11.5. The molecular formula is C17H22N8. The molecule has 130 valence electrons. The second-order valence-electron chi connectivity index (χ2n) is 5.47. The topological polar surface area (TPSA) is 84.9 Å². The second kappa shape index (κ2) is 8.09. The number of hydrogen-bond acceptors (Lipinski definition) is 4. The maximum Gasteiger partial charge on any atom is 0.191 e. The molecule has 0 spiro atoms. The van der Waals surface area contributed by atoms with Crippen LogP contribution in [0, 0.1) is 0 Å². The van der Waals surface area contributed by atoms with Crippen LogP contribution in [-0.4, -0.2) is 37.0 Å². The number of nitrogens with zero attached hydrogens (tertiary/aromatic N) is 6. The van der Waals surface area contributed by atoms with E-state index in [1.54, 1.807) is 17.2 Å². The number of aliphatic imine (C=N–C) groups is 1. The fourth-order valence-corrected chi connectivity index (χ4v) is 2.37. The maximum atomic E-state index is 4.64. The minimum Gasteiger partial charge on any atom is -0.357 e. The molecule has 0 unspecified atom stereocenters. The third-order valence-electron chi connectivity index (χ3n) is 3.66. The van der Waals surface area contributed by atoms with Gasteiger partial charge in [0.05, 0.1) is 18.8 Å². The van der Waals surface area contributed by atoms with Crippen LogP contribution in [0.4, 0.5) is 0 Å². The van der Waals surface area contributed by atoms with Gasteiger partial charge in [-0.1, -0.05) is 12.1 Å². The summed E-state index contributed by atoms with van der Waals surface area (Å²) in [5, 5.41) is 14.8. The van der Waals surface area contributed by atoms with Crippen molar-refractivity contribution < 1.29 is 0 Å². The quantitative estimate of drug-likeness (QED) is 0.522. The summed E-state index contributed by atoms with van der Waals surface area (Å²) >= 11 is 0. The number of benzene rings is 1. The van der Waals surface area contributed by atoms with Crippen molar-refractivity contribution in [3.05, 3.63) is 60.4 Å². The predicted octanol–water partition coefficient (Wildman–Crippen LogP) is 1.26. The fraction of sp³-hybridized carbons (Fsp3) is 0.294. The van der Waals surface area contributed by atoms with Crippen LogP contribution in [0.5, 0.6) is 0 Å². The molecular weight excluding hydrogens is 316 g/mol. The molecule has 0 saturated carbocycles. The molecule has 0 fully saturated rings. The van der Waals surface area contributed by atoms with Gasteiger partial charge in [-0.15, -0.1) is 0 Å². The number of aryl methyl sites for hydroxylation is 1. The number of hydrogen-bond donors (Lipinski definition) is 2. The largest absolute Gasteiger partial charge is 0.357 e. The Hall–Kier alpha value is -3.16. The molecule has 25 heavy (non-hydrogen) atoms. The summed E-state index contributed by atoms with van der Waals surface area (Å²) in [6, 6.07) is 10.1. The first kappa shape index (κ1) is 16.7. The summed E-state index contributed by atoms with van der Waals surface area (Å²) in [6.45, 7) is 3.97. The minimum atomic E-state index is 0.565. The van der Waals surface area contributed by atoms with Gasteiger partial charge in [0.1, 0.15) is 12.2 Å². The van der Waals surface area contributed by atoms with E-state index in [9.17, 15) is 0 Å². The molecule has 0 radical (unpaired) electrons. The number of aromatic nitrogens is 5. The van der Waals surface area contributed by atoms with Crippen LogP contribution >= 0.6 is 0 Å². The van der Waals surface area contributed by atoms with Gasteiger partial charge < -0.3 is 10.6 Å². The molecule has 0 saturated heterocycles. The lowest BCUT2D eigenvalue weighted by atomic mass is 10.2. The molecule has 2 heterocycles. The average Bonchev–Trinajstić information content (AvgIpc) is 3.29. The molecule has 0 atom stereocenters. The van der Waals surface area contributed by atoms with Gasteiger partial charge in [0.2, 0.25) is 0 Å². The third kappa shape index (κ3) is 4.43. The van der Waals surface area contributed by atoms with Crippen molar-refractivity contribution in [2.45, 2.75) is 20.0 Å². The van der Waals surface area contributed by atoms with E-state index in [0.29, 0.717) is 13.1 Å². The van der Waals surface area contributed by atoms with Crippen LogP contribution in [0.1, 0.15) is 18.3 Å². The van der Waals surface area contributed by atoms with Crippen molar-refractivity contribution in [2.24, 2.45) is 12.0 Å². The molecule has 0 bridgehead atoms. The average molecular weight is 338 g/mol. The predicted molar refractivity (Wildman–Crippen MR) is 96.2 cm³/mol. The lowest BCUT2D eigenvalue weighted by Gasteiger charge is -2.11. The van der Waals surface area contributed by atoms with E-state index < -0.39 is 0 Å². The number of nitrogens with one attached hydrogen (secondary N) is 2. The zero-order valence-electron chi connectivity index (χ0n) is 14.4. The van der Waals surface area contributed by atoms with Gasteiger partial charge in [-0.05, 0) is 30.7 Å². The molecule has 3 aromatic rings. The summed E-state index contributed by atoms with van der Waals surface area (Å²) in [6.07, 6.45) is 5.24. The van der Waals surface area contributed by atoms with Crippen molar-refractivity contribution in [1.82, 2.24) is 35.2 Å². The smallest absolute Gasteiger partial charge is 0.191 e. The Kier molecular flexibility index (Phi) is 5.40. The first-order valence-corrected chi connectivity index (χ1v) is 8.20. The second-order valence-corrected chi connectivity index (χ2v) is 5.47. The summed E-state index contributed by atoms with van der Waals surface area (Å²) in [5.41, 5.74) is 2.14. The zero-order chi connectivity index (χ0) is 17.5. The first-order valence-electron chi connectivity index (χ1n) is 8.20. The fourth-order valence-electron chi connectivity index (χ4n) is 2.37. The molecule has 0 aliphatic carbocycles. The molecule has 3 rings (SSSR count). The van der Waals surface area contributed by atoms with Crippen LogP contribution < -0.4 is 10.6 Å². The van der Waals surface area contributed by atoms with Crippen LogP contribution in [0.25, 0.3) is 5.69 Å². The Bertz CT molecular complexity index is 819. The van der Waals surface area contributed by atoms with Crippen LogP contribution in [-0.2, 0) is 20.1 Å². The summed E-state index contributed by atoms with van der Waals surface area (Å²) in [5.74, 6) is 1.60. The van der Waals surface area contributed by atoms with Crippen LogP contribution in [0.15, 0.2) is 54.0 Å². The zero-order valence-corrected chi connectivity index (χ0v) is 14.4. The summed E-state index contributed by atoms with van der Waals surface area (Å²) < 4.78 is 3.58. The first-order chi connectivity index (χ1) is 12.3. The molecule has 8 heteroatoms. The lowest BCUT2D eigenvalue weighted by Crippen LogP contribution is -2.37. The van der Waals surface area contributed by atoms with Gasteiger partial charge in [-0.2, -0.15) is 10.2 Å². The van der Waals surface area contributed by atoms with Crippen LogP contribution in [0.3, 0.4) is 0 Å². The van der Waals surface area contributed by atoms with Crippen molar-refractivity contribution >= 4 is 5.96 Å². The monoisotopic (exact) mass is 338 g/mol. The Morgan fingerprint density at radius 2 is 2.12 bits per heavy atom. The van der Waals surface area contributed by atoms with Crippen LogP contribution in [0.2, 0.25) is 0 Å². The standard InChI is InChI=1S/C17H22N8/c1-3-18-17(20-12-16-21-13-23-24(16)2)19-11-14-6-4-7-15(10-14)25-9-5-8-22-25/h4-10,13H,3,11-12H2,1-2H3,(H2,18,19,20). The highest BCUT2D eigenvalue weighted by molar-refractivity contribution is 5.79. The van der Waals surface area contributed by atoms with E-state index in [0.717, 1.165) is 29.6 Å². The summed E-state index contributed by atoms with van der Waals surface area (Å²) in [7, 11) is 1.87. The van der Waals surface area contributed by atoms with Crippen molar-refractivity contribution in [3.63, 3.8) is 0 Å². The highest BCUT2D eigenvalue weighted by atomic mass is 15.3. The highest BCUT2D eigenvalue weighted by Crippen LogP contribution is 2.10. The van der Waals surface area contributed by atoms with Gasteiger partial charge in [0.25, 0.3) is 0 Å². The van der Waals surface area contributed by atoms with Gasteiger partial charge in [-0.25, -0.2) is 14.7 Å². The van der Waals surface area contributed by atoms with E-state index in [-0.39, 0.29) is 0 Å². The Morgan fingerprint density at radius 3 is 2.84 bits per heavy atom. The van der Waals surface area contributed by atoms with E-state index >= 15 is 0 Å². The molecule has 0 aliphatic rings. The van der Waals surface area contributed by atoms with Gasteiger partial charge >= 0.3 is 0 Å². The molecule has 8 nitrogen and oxygen atoms in total. The molecule has 2 aromatic heterocycles. The minimum absolute atomic E-state index is 0.565. The highest BCUT2D eigenvalue weighted by Gasteiger charge is 2.03. The Labute approximate surface area is 146 Å². The maximum absolute atomic E-state index is 4.64. The van der Waals surface area contributed by atoms with Crippen molar-refractivity contribution in [3.8, 4) is 5.69 Å². The molecule has 2 N–H and O–H groups in total. The third-order valence-corrected chi connectivity index (χ3v) is 3.66. The van der Waals surface area contributed by atoms with Gasteiger partial charge in [-0.3, -0.25) is 4.68 Å². The van der Waals surface area contributed by atoms with Crippen molar-refractivity contribution in [2.75, 3.05) is 6.54 Å². The van der Waals surface area contributed by atoms with Crippen molar-refractivity contribution in [1.29, 1.82) is 0 Å². The van der Waals surface area contributed by atoms with Gasteiger partial charge in [0.15, 0.2) is 5.96 Å².